The summed E-state index contributed by atoms with van der Waals surface area (Å²) in [6.07, 6.45) is 23.8. The fraction of sp³-hybridized carbons (Fsp3) is 0.100. The van der Waals surface area contributed by atoms with Gasteiger partial charge in [-0.15, -0.1) is 0 Å². The van der Waals surface area contributed by atoms with Crippen molar-refractivity contribution in [3.05, 3.63) is 438 Å². The largest absolute Gasteiger partial charge is 0.399 e. The Hall–Kier alpha value is -16.3. The first-order chi connectivity index (χ1) is 61.1. The van der Waals surface area contributed by atoms with Gasteiger partial charge in [0.25, 0.3) is 28.4 Å². The molecular weight excluding hydrogens is 1620 g/mol. The molecule has 13 aromatic carbocycles. The molecule has 11 N–H and O–H groups in total. The van der Waals surface area contributed by atoms with Crippen molar-refractivity contribution in [2.45, 2.75) is 20.5 Å². The Labute approximate surface area is 741 Å². The molecule has 0 spiro atoms. The molecule has 26 nitrogen and oxygen atoms in total. The lowest BCUT2D eigenvalue weighted by Crippen LogP contribution is -2.07. The predicted molar refractivity (Wildman–Crippen MR) is 525 cm³/mol. The quantitative estimate of drug-likeness (QED) is 0.0102. The summed E-state index contributed by atoms with van der Waals surface area (Å²) < 4.78 is 19.3. The van der Waals surface area contributed by atoms with Crippen molar-refractivity contribution in [3.8, 4) is 0 Å². The van der Waals surface area contributed by atoms with Crippen molar-refractivity contribution in [1.29, 1.82) is 0 Å². The van der Waals surface area contributed by atoms with Crippen LogP contribution in [0.15, 0.2) is 315 Å². The first kappa shape index (κ1) is 99.5. The highest BCUT2D eigenvalue weighted by molar-refractivity contribution is 7.17. The van der Waals surface area contributed by atoms with Crippen LogP contribution in [-0.4, -0.2) is 73.1 Å². The van der Waals surface area contributed by atoms with E-state index in [1.807, 2.05) is 224 Å². The van der Waals surface area contributed by atoms with Crippen LogP contribution in [0.4, 0.5) is 73.9 Å². The lowest BCUT2D eigenvalue weighted by molar-refractivity contribution is -0.385. The van der Waals surface area contributed by atoms with E-state index in [9.17, 15) is 55.1 Å². The van der Waals surface area contributed by atoms with E-state index in [0.29, 0.717) is 0 Å². The minimum absolute atomic E-state index is 0.0309. The highest BCUT2D eigenvalue weighted by atomic mass is 31.1. The van der Waals surface area contributed by atoms with Gasteiger partial charge in [0.2, 0.25) is 0 Å². The fourth-order valence-corrected chi connectivity index (χ4v) is 10.8. The molecule has 0 saturated carbocycles. The van der Waals surface area contributed by atoms with Crippen LogP contribution < -0.4 is 43.8 Å². The van der Waals surface area contributed by atoms with E-state index in [1.165, 1.54) is 77.5 Å². The number of nitro benzene ring substituents is 5. The van der Waals surface area contributed by atoms with Gasteiger partial charge in [0.1, 0.15) is 0 Å². The second-order valence-corrected chi connectivity index (χ2v) is 28.0. The van der Waals surface area contributed by atoms with E-state index >= 15 is 0 Å². The minimum atomic E-state index is -0.476. The van der Waals surface area contributed by atoms with Crippen LogP contribution in [0.1, 0.15) is 86.2 Å². The maximum absolute atomic E-state index is 10.6. The standard InChI is InChI=1S/C16H16N2O2.C16H18N2.C15H16N2.C14H10N2O4.C14H12N2O2.C14H14N2.C7H6NO4P.C4H10O/c1-17(2)15-9-5-13(6-10-15)3-4-14-7-11-16(12-8-14)18(19)20;1-18(2)16-11-7-14(8-12-16)4-3-13-5-9-15(17)10-6-13;1-17-15-10-6-13(7-11-15)3-2-12-4-8-14(16)9-5-12;17-15(18)13-7-3-11(4-8-13)1-2-12-5-9-14(10-6-12)16(19)20;15-13-7-3-11(4-8-13)1-2-12-5-9-14(10-6-12)16(17)18;15-13-7-3-11(4-8-13)1-2-12-5-9-14(16)10-6-12;9-8(10)7-3-1-6(2-4-7)5-12-13-11;1-3-5-4-2/h3-12H,1-2H3;3-12H,17H2,1-2H3;2-11,17H,16H2,1H3;1-10H;1-10H,15H2;1-10H,15-16H2;1-4H,5H2;3-4H2,1-2H3/b2*4-3+;3-2+;3*2-1+;;. The average Bonchev–Trinajstić information content (AvgIpc) is 0.874. The molecule has 0 aliphatic rings. The van der Waals surface area contributed by atoms with E-state index in [2.05, 4.69) is 99.7 Å². The van der Waals surface area contributed by atoms with Crippen LogP contribution in [-0.2, 0) is 20.4 Å². The second-order valence-electron chi connectivity index (χ2n) is 27.6. The third-order valence-corrected chi connectivity index (χ3v) is 18.0. The van der Waals surface area contributed by atoms with Gasteiger partial charge in [-0.05, 0) is 244 Å². The highest BCUT2D eigenvalue weighted by Gasteiger charge is 2.08. The summed E-state index contributed by atoms with van der Waals surface area (Å²) >= 11 is 0. The number of nitrogens with zero attached hydrogens (tertiary/aromatic N) is 7. The molecule has 0 heterocycles. The summed E-state index contributed by atoms with van der Waals surface area (Å²) in [7, 11) is 9.61. The van der Waals surface area contributed by atoms with Crippen LogP contribution in [0.5, 0.6) is 0 Å². The van der Waals surface area contributed by atoms with Crippen LogP contribution >= 0.6 is 8.69 Å². The van der Waals surface area contributed by atoms with Gasteiger partial charge in [0.05, 0.1) is 31.2 Å². The molecule has 13 aromatic rings. The Kier molecular flexibility index (Phi) is 43.0. The molecule has 0 amide bonds. The van der Waals surface area contributed by atoms with Gasteiger partial charge >= 0.3 is 8.69 Å². The van der Waals surface area contributed by atoms with Crippen molar-refractivity contribution in [3.63, 3.8) is 0 Å². The first-order valence-corrected chi connectivity index (χ1v) is 40.2. The van der Waals surface area contributed by atoms with Crippen LogP contribution in [0.25, 0.3) is 72.9 Å². The topological polar surface area (TPSA) is 400 Å². The number of nitrogens with two attached hydrogens (primary N) is 5. The minimum Gasteiger partial charge on any atom is -0.399 e. The number of hydrogen-bond donors (Lipinski definition) is 6. The van der Waals surface area contributed by atoms with Gasteiger partial charge in [0, 0.05) is 155 Å². The second kappa shape index (κ2) is 54.9. The van der Waals surface area contributed by atoms with Crippen LogP contribution in [0.3, 0.4) is 0 Å². The van der Waals surface area contributed by atoms with E-state index in [-0.39, 0.29) is 35.0 Å². The monoisotopic (exact) mass is 1720 g/mol. The van der Waals surface area contributed by atoms with Crippen molar-refractivity contribution in [1.82, 2.24) is 0 Å². The zero-order valence-electron chi connectivity index (χ0n) is 71.3. The molecule has 0 saturated heterocycles. The Morgan fingerprint density at radius 2 is 0.449 bits per heavy atom. The first-order valence-electron chi connectivity index (χ1n) is 39.5. The van der Waals surface area contributed by atoms with E-state index in [0.717, 1.165) is 114 Å². The fourth-order valence-electron chi connectivity index (χ4n) is 10.6. The molecule has 127 heavy (non-hydrogen) atoms. The number of nitrogen functional groups attached to an aromatic ring is 5. The number of nitro groups is 5. The Morgan fingerprint density at radius 3 is 0.598 bits per heavy atom. The molecule has 0 atom stereocenters. The molecule has 27 heteroatoms. The van der Waals surface area contributed by atoms with Crippen molar-refractivity contribution >= 4 is 156 Å². The molecule has 650 valence electrons. The number of nitrogens with one attached hydrogen (secondary N) is 1. The summed E-state index contributed by atoms with van der Waals surface area (Å²) in [5.74, 6) is 0. The van der Waals surface area contributed by atoms with E-state index in [1.54, 1.807) is 72.8 Å². The molecule has 0 radical (unpaired) electrons. The number of ether oxygens (including phenoxy) is 1. The summed E-state index contributed by atoms with van der Waals surface area (Å²) in [5.41, 5.74) is 49.1. The molecule has 0 aliphatic heterocycles. The van der Waals surface area contributed by atoms with Crippen molar-refractivity contribution in [2.75, 3.05) is 92.2 Å². The number of hydrogen-bond acceptors (Lipinski definition) is 21. The molecule has 0 aromatic heterocycles. The summed E-state index contributed by atoms with van der Waals surface area (Å²) in [5, 5.41) is 55.4. The lowest BCUT2D eigenvalue weighted by atomic mass is 10.1. The molecule has 13 rings (SSSR count). The van der Waals surface area contributed by atoms with Crippen LogP contribution in [0, 0.1) is 50.6 Å². The molecule has 0 bridgehead atoms. The van der Waals surface area contributed by atoms with Gasteiger partial charge in [-0.25, -0.2) is 4.57 Å². The maximum atomic E-state index is 10.6. The van der Waals surface area contributed by atoms with Crippen LogP contribution in [0.2, 0.25) is 0 Å². The summed E-state index contributed by atoms with van der Waals surface area (Å²) in [4.78, 5) is 54.3. The smallest absolute Gasteiger partial charge is 0.327 e. The van der Waals surface area contributed by atoms with Gasteiger partial charge < -0.3 is 48.5 Å². The molecule has 0 unspecified atom stereocenters. The highest BCUT2D eigenvalue weighted by Crippen LogP contribution is 2.24. The third kappa shape index (κ3) is 39.4. The average molecular weight is 1720 g/mol. The number of benzene rings is 13. The number of rotatable bonds is 25. The zero-order valence-corrected chi connectivity index (χ0v) is 72.2. The Bertz CT molecular complexity index is 5600. The predicted octanol–water partition coefficient (Wildman–Crippen LogP) is 24.2. The van der Waals surface area contributed by atoms with Crippen molar-refractivity contribution < 1.29 is 38.4 Å². The van der Waals surface area contributed by atoms with Gasteiger partial charge in [-0.2, -0.15) is 0 Å². The molecule has 0 fully saturated rings. The zero-order chi connectivity index (χ0) is 92.3. The molecular formula is C100H102N13O13P. The van der Waals surface area contributed by atoms with Gasteiger partial charge in [-0.1, -0.05) is 170 Å². The van der Waals surface area contributed by atoms with Gasteiger partial charge in [-0.3, -0.25) is 55.1 Å². The van der Waals surface area contributed by atoms with E-state index in [4.69, 9.17) is 33.4 Å². The van der Waals surface area contributed by atoms with Gasteiger partial charge in [0.15, 0.2) is 0 Å². The molecule has 0 aliphatic carbocycles. The Morgan fingerprint density at radius 1 is 0.283 bits per heavy atom. The number of non-ortho nitro benzene ring substituents is 5. The summed E-state index contributed by atoms with van der Waals surface area (Å²) in [6, 6.07) is 94.6. The summed E-state index contributed by atoms with van der Waals surface area (Å²) in [6.45, 7) is 5.85. The van der Waals surface area contributed by atoms with E-state index < -0.39 is 33.3 Å². The number of anilines is 8. The maximum Gasteiger partial charge on any atom is 0.327 e. The Balaban J connectivity index is 0.000000227. The van der Waals surface area contributed by atoms with Crippen molar-refractivity contribution in [2.24, 2.45) is 0 Å². The SMILES string of the molecule is CCOCC.CN(C)c1ccc(/C=C/c2ccc(N)cc2)cc1.CN(C)c1ccc(/C=C/c2ccc([N+](=O)[O-])cc2)cc1.CNc1ccc(/C=C/c2ccc(N)cc2)cc1.Nc1ccc(/C=C/c2ccc(N)cc2)cc1.Nc1ccc(/C=C/c2ccc([N+](=O)[O-])cc2)cc1.O=POCc1ccc([N+](=O)[O-])cc1.O=[N+]([O-])c1ccc(/C=C/c2ccc([N+](=O)[O-])cc2)cc1. The third-order valence-electron chi connectivity index (χ3n) is 17.8. The lowest BCUT2D eigenvalue weighted by Gasteiger charge is -2.11. The normalized spacial score (nSPS) is 10.5.